The molecule has 3 rings (SSSR count). The fourth-order valence-electron chi connectivity index (χ4n) is 2.80. The van der Waals surface area contributed by atoms with Gasteiger partial charge in [-0.25, -0.2) is 0 Å². The summed E-state index contributed by atoms with van der Waals surface area (Å²) in [6.07, 6.45) is -2.18. The summed E-state index contributed by atoms with van der Waals surface area (Å²) in [5, 5.41) is 20.2. The molecular weight excluding hydrogens is 328 g/mol. The molecule has 0 radical (unpaired) electrons. The number of benzene rings is 2. The first-order valence-electron chi connectivity index (χ1n) is 7.50. The van der Waals surface area contributed by atoms with Crippen LogP contribution in [0, 0.1) is 0 Å². The molecule has 0 bridgehead atoms. The van der Waals surface area contributed by atoms with Crippen LogP contribution in [0.4, 0.5) is 0 Å². The second-order valence-corrected chi connectivity index (χ2v) is 5.49. The molecule has 1 aliphatic heterocycles. The highest BCUT2D eigenvalue weighted by Crippen LogP contribution is 2.48. The lowest BCUT2D eigenvalue weighted by molar-refractivity contribution is -0.148. The van der Waals surface area contributed by atoms with Crippen molar-refractivity contribution in [2.75, 3.05) is 7.11 Å². The predicted octanol–water partition coefficient (Wildman–Crippen LogP) is 2.35. The van der Waals surface area contributed by atoms with Gasteiger partial charge in [-0.3, -0.25) is 9.59 Å². The van der Waals surface area contributed by atoms with E-state index in [2.05, 4.69) is 0 Å². The summed E-state index contributed by atoms with van der Waals surface area (Å²) in [4.78, 5) is 24.3. The number of phenols is 2. The van der Waals surface area contributed by atoms with E-state index in [4.69, 9.17) is 14.2 Å². The quantitative estimate of drug-likeness (QED) is 0.824. The van der Waals surface area contributed by atoms with Crippen molar-refractivity contribution in [3.8, 4) is 23.0 Å². The van der Waals surface area contributed by atoms with Gasteiger partial charge in [0.2, 0.25) is 17.6 Å². The van der Waals surface area contributed by atoms with Gasteiger partial charge in [-0.15, -0.1) is 0 Å². The van der Waals surface area contributed by atoms with Crippen LogP contribution in [0.2, 0.25) is 0 Å². The molecule has 0 aromatic heterocycles. The molecule has 0 aliphatic carbocycles. The molecule has 2 aromatic rings. The Morgan fingerprint density at radius 3 is 2.48 bits per heavy atom. The first-order chi connectivity index (χ1) is 11.9. The smallest absolute Gasteiger partial charge is 0.303 e. The summed E-state index contributed by atoms with van der Waals surface area (Å²) >= 11 is 0. The lowest BCUT2D eigenvalue weighted by atomic mass is 9.92. The minimum absolute atomic E-state index is 0.0157. The number of methoxy groups -OCH3 is 1. The number of rotatable bonds is 3. The zero-order valence-electron chi connectivity index (χ0n) is 13.6. The third kappa shape index (κ3) is 2.84. The number of carbonyl (C=O) groups is 2. The molecule has 0 saturated carbocycles. The molecule has 0 amide bonds. The number of carbonyl (C=O) groups excluding carboxylic acids is 2. The van der Waals surface area contributed by atoms with Gasteiger partial charge in [0.05, 0.1) is 7.11 Å². The first kappa shape index (κ1) is 16.6. The zero-order valence-corrected chi connectivity index (χ0v) is 13.6. The summed E-state index contributed by atoms with van der Waals surface area (Å²) in [7, 11) is 1.24. The van der Waals surface area contributed by atoms with Crippen LogP contribution in [-0.2, 0) is 9.53 Å². The Bertz CT molecular complexity index is 829. The van der Waals surface area contributed by atoms with Crippen molar-refractivity contribution in [1.82, 2.24) is 0 Å². The maximum Gasteiger partial charge on any atom is 0.303 e. The number of aromatic hydroxyl groups is 2. The molecule has 0 unspecified atom stereocenters. The second kappa shape index (κ2) is 6.35. The van der Waals surface area contributed by atoms with E-state index < -0.39 is 29.7 Å². The van der Waals surface area contributed by atoms with Crippen LogP contribution in [0.1, 0.15) is 28.9 Å². The minimum atomic E-state index is -1.27. The lowest BCUT2D eigenvalue weighted by Gasteiger charge is -2.32. The Morgan fingerprint density at radius 1 is 1.20 bits per heavy atom. The van der Waals surface area contributed by atoms with Crippen LogP contribution in [0.25, 0.3) is 0 Å². The number of Topliss-reactive ketones (excluding diaryl/α,β-unsaturated/α-hetero) is 1. The molecule has 0 saturated heterocycles. The van der Waals surface area contributed by atoms with Crippen molar-refractivity contribution < 1.29 is 34.0 Å². The highest BCUT2D eigenvalue weighted by atomic mass is 16.6. The number of ether oxygens (including phenoxy) is 3. The van der Waals surface area contributed by atoms with Crippen LogP contribution in [0.15, 0.2) is 36.4 Å². The average Bonchev–Trinajstić information content (AvgIpc) is 2.57. The molecule has 1 aliphatic rings. The highest BCUT2D eigenvalue weighted by Gasteiger charge is 2.43. The Kier molecular flexibility index (Phi) is 4.22. The van der Waals surface area contributed by atoms with Gasteiger partial charge in [0.15, 0.2) is 17.6 Å². The van der Waals surface area contributed by atoms with E-state index in [1.807, 2.05) is 0 Å². The number of ketones is 1. The van der Waals surface area contributed by atoms with E-state index in [1.165, 1.54) is 20.1 Å². The summed E-state index contributed by atoms with van der Waals surface area (Å²) < 4.78 is 15.9. The Labute approximate surface area is 143 Å². The van der Waals surface area contributed by atoms with E-state index in [-0.39, 0.29) is 22.8 Å². The third-order valence-electron chi connectivity index (χ3n) is 3.86. The van der Waals surface area contributed by atoms with Gasteiger partial charge in [0.25, 0.3) is 0 Å². The van der Waals surface area contributed by atoms with E-state index in [0.29, 0.717) is 5.56 Å². The second-order valence-electron chi connectivity index (χ2n) is 5.49. The fourth-order valence-corrected chi connectivity index (χ4v) is 2.80. The molecule has 2 aromatic carbocycles. The molecule has 25 heavy (non-hydrogen) atoms. The summed E-state index contributed by atoms with van der Waals surface area (Å²) in [5.41, 5.74) is 0.413. The van der Waals surface area contributed by atoms with E-state index >= 15 is 0 Å². The average molecular weight is 344 g/mol. The number of hydrogen-bond acceptors (Lipinski definition) is 7. The van der Waals surface area contributed by atoms with Crippen molar-refractivity contribution in [2.45, 2.75) is 19.1 Å². The lowest BCUT2D eigenvalue weighted by Crippen LogP contribution is -2.39. The minimum Gasteiger partial charge on any atom is -0.504 e. The number of hydrogen-bond donors (Lipinski definition) is 2. The summed E-state index contributed by atoms with van der Waals surface area (Å²) in [5.74, 6) is -2.50. The van der Waals surface area contributed by atoms with Crippen LogP contribution < -0.4 is 9.47 Å². The highest BCUT2D eigenvalue weighted by molar-refractivity contribution is 6.07. The standard InChI is InChI=1S/C18H16O7/c1-9(19)24-18-15(22)13-12(8-11(20)17(23-2)14(13)21)25-16(18)10-6-4-3-5-7-10/h3-8,16,18,20-21H,1-2H3/t16-,18-/m0/s1. The fraction of sp³-hybridized carbons (Fsp3) is 0.222. The number of fused-ring (bicyclic) bond motifs is 1. The number of esters is 1. The Balaban J connectivity index is 2.15. The van der Waals surface area contributed by atoms with Gasteiger partial charge in [-0.05, 0) is 5.56 Å². The molecule has 2 N–H and O–H groups in total. The molecule has 7 heteroatoms. The van der Waals surface area contributed by atoms with Gasteiger partial charge < -0.3 is 24.4 Å². The van der Waals surface area contributed by atoms with Gasteiger partial charge in [0.1, 0.15) is 11.3 Å². The topological polar surface area (TPSA) is 102 Å². The molecular formula is C18H16O7. The van der Waals surface area contributed by atoms with E-state index in [1.54, 1.807) is 30.3 Å². The maximum atomic E-state index is 12.9. The van der Waals surface area contributed by atoms with E-state index in [9.17, 15) is 19.8 Å². The monoisotopic (exact) mass is 344 g/mol. The van der Waals surface area contributed by atoms with Crippen molar-refractivity contribution in [1.29, 1.82) is 0 Å². The zero-order chi connectivity index (χ0) is 18.1. The van der Waals surface area contributed by atoms with Gasteiger partial charge in [0, 0.05) is 13.0 Å². The molecule has 0 spiro atoms. The van der Waals surface area contributed by atoms with Crippen LogP contribution in [0.5, 0.6) is 23.0 Å². The normalized spacial score (nSPS) is 18.9. The van der Waals surface area contributed by atoms with E-state index in [0.717, 1.165) is 0 Å². The Hall–Kier alpha value is -3.22. The maximum absolute atomic E-state index is 12.9. The molecule has 2 atom stereocenters. The first-order valence-corrected chi connectivity index (χ1v) is 7.50. The van der Waals surface area contributed by atoms with Gasteiger partial charge in [-0.1, -0.05) is 30.3 Å². The summed E-state index contributed by atoms with van der Waals surface area (Å²) in [6.45, 7) is 1.18. The molecule has 130 valence electrons. The van der Waals surface area contributed by atoms with Crippen molar-refractivity contribution in [2.24, 2.45) is 0 Å². The third-order valence-corrected chi connectivity index (χ3v) is 3.86. The number of phenolic OH excluding ortho intramolecular Hbond substituents is 2. The van der Waals surface area contributed by atoms with Crippen LogP contribution in [-0.4, -0.2) is 35.2 Å². The molecule has 0 fully saturated rings. The van der Waals surface area contributed by atoms with Gasteiger partial charge in [-0.2, -0.15) is 0 Å². The van der Waals surface area contributed by atoms with Crippen molar-refractivity contribution in [3.05, 3.63) is 47.5 Å². The van der Waals surface area contributed by atoms with Crippen LogP contribution >= 0.6 is 0 Å². The largest absolute Gasteiger partial charge is 0.504 e. The summed E-state index contributed by atoms with van der Waals surface area (Å²) in [6, 6.07) is 9.95. The SMILES string of the molecule is COc1c(O)cc2c(c1O)C(=O)[C@H](OC(C)=O)[C@H](c1ccccc1)O2. The van der Waals surface area contributed by atoms with Crippen molar-refractivity contribution >= 4 is 11.8 Å². The molecule has 1 heterocycles. The predicted molar refractivity (Wildman–Crippen MR) is 86.0 cm³/mol. The van der Waals surface area contributed by atoms with Gasteiger partial charge >= 0.3 is 5.97 Å². The Morgan fingerprint density at radius 2 is 1.88 bits per heavy atom. The van der Waals surface area contributed by atoms with Crippen molar-refractivity contribution in [3.63, 3.8) is 0 Å². The molecule has 7 nitrogen and oxygen atoms in total. The van der Waals surface area contributed by atoms with Crippen LogP contribution in [0.3, 0.4) is 0 Å².